The maximum atomic E-state index is 12.0. The lowest BCUT2D eigenvalue weighted by Gasteiger charge is -2.25. The van der Waals surface area contributed by atoms with E-state index in [4.69, 9.17) is 4.74 Å². The smallest absolute Gasteiger partial charge is 0.317 e. The van der Waals surface area contributed by atoms with Gasteiger partial charge in [0.25, 0.3) is 0 Å². The van der Waals surface area contributed by atoms with Gasteiger partial charge in [-0.25, -0.2) is 4.79 Å². The highest BCUT2D eigenvalue weighted by Crippen LogP contribution is 2.07. The Labute approximate surface area is 121 Å². The number of pyridine rings is 1. The van der Waals surface area contributed by atoms with Crippen LogP contribution in [0.2, 0.25) is 0 Å². The lowest BCUT2D eigenvalue weighted by Crippen LogP contribution is -2.43. The van der Waals surface area contributed by atoms with E-state index < -0.39 is 0 Å². The molecule has 112 valence electrons. The first kappa shape index (κ1) is 16.4. The van der Waals surface area contributed by atoms with E-state index in [0.717, 1.165) is 18.5 Å². The summed E-state index contributed by atoms with van der Waals surface area (Å²) in [6, 6.07) is 4.08. The Balaban J connectivity index is 2.41. The summed E-state index contributed by atoms with van der Waals surface area (Å²) in [4.78, 5) is 18.0. The number of likely N-dealkylation sites (N-methyl/N-ethyl adjacent to an activating group) is 1. The minimum absolute atomic E-state index is 0.0544. The number of aromatic nitrogens is 1. The highest BCUT2D eigenvalue weighted by Gasteiger charge is 2.16. The van der Waals surface area contributed by atoms with E-state index in [1.54, 1.807) is 12.0 Å². The van der Waals surface area contributed by atoms with Gasteiger partial charge in [-0.05, 0) is 38.0 Å². The van der Waals surface area contributed by atoms with Gasteiger partial charge in [0.15, 0.2) is 0 Å². The molecular weight excluding hydrogens is 254 g/mol. The molecule has 1 aromatic heterocycles. The van der Waals surface area contributed by atoms with Gasteiger partial charge in [0.2, 0.25) is 0 Å². The standard InChI is InChI=1S/C15H25N3O2/c1-12-6-8-16-14(10-12)11-13(2)18(3)15(19)17-7-5-9-20-4/h6,8,10,13H,5,7,9,11H2,1-4H3,(H,17,19)/t13-/m1/s1. The number of hydrogen-bond acceptors (Lipinski definition) is 3. The molecule has 1 aromatic rings. The summed E-state index contributed by atoms with van der Waals surface area (Å²) < 4.78 is 4.95. The summed E-state index contributed by atoms with van der Waals surface area (Å²) in [7, 11) is 3.47. The van der Waals surface area contributed by atoms with E-state index >= 15 is 0 Å². The largest absolute Gasteiger partial charge is 0.385 e. The molecule has 1 atom stereocenters. The molecule has 0 unspecified atom stereocenters. The zero-order valence-electron chi connectivity index (χ0n) is 12.8. The third-order valence-corrected chi connectivity index (χ3v) is 3.26. The van der Waals surface area contributed by atoms with Gasteiger partial charge in [0, 0.05) is 51.7 Å². The van der Waals surface area contributed by atoms with Crippen molar-refractivity contribution in [2.45, 2.75) is 32.7 Å². The van der Waals surface area contributed by atoms with Crippen LogP contribution in [0, 0.1) is 6.92 Å². The van der Waals surface area contributed by atoms with E-state index in [0.29, 0.717) is 13.2 Å². The van der Waals surface area contributed by atoms with Crippen LogP contribution in [0.15, 0.2) is 18.3 Å². The maximum Gasteiger partial charge on any atom is 0.317 e. The van der Waals surface area contributed by atoms with E-state index in [-0.39, 0.29) is 12.1 Å². The summed E-state index contributed by atoms with van der Waals surface area (Å²) in [5.41, 5.74) is 2.20. The minimum Gasteiger partial charge on any atom is -0.385 e. The second kappa shape index (κ2) is 8.53. The number of ether oxygens (including phenoxy) is 1. The lowest BCUT2D eigenvalue weighted by atomic mass is 10.1. The molecular formula is C15H25N3O2. The van der Waals surface area contributed by atoms with Crippen molar-refractivity contribution < 1.29 is 9.53 Å². The molecule has 20 heavy (non-hydrogen) atoms. The Morgan fingerprint density at radius 1 is 1.55 bits per heavy atom. The van der Waals surface area contributed by atoms with Crippen LogP contribution >= 0.6 is 0 Å². The number of rotatable bonds is 7. The van der Waals surface area contributed by atoms with Crippen LogP contribution in [0.5, 0.6) is 0 Å². The summed E-state index contributed by atoms with van der Waals surface area (Å²) >= 11 is 0. The molecule has 0 aromatic carbocycles. The first-order valence-electron chi connectivity index (χ1n) is 6.95. The molecule has 1 N–H and O–H groups in total. The topological polar surface area (TPSA) is 54.5 Å². The number of nitrogens with zero attached hydrogens (tertiary/aromatic N) is 2. The van der Waals surface area contributed by atoms with Crippen LogP contribution in [0.25, 0.3) is 0 Å². The van der Waals surface area contributed by atoms with Gasteiger partial charge in [-0.3, -0.25) is 4.98 Å². The molecule has 1 rings (SSSR count). The number of hydrogen-bond donors (Lipinski definition) is 1. The molecule has 0 fully saturated rings. The number of carbonyl (C=O) groups excluding carboxylic acids is 1. The Hall–Kier alpha value is -1.62. The molecule has 0 spiro atoms. The van der Waals surface area contributed by atoms with Gasteiger partial charge < -0.3 is 15.0 Å². The van der Waals surface area contributed by atoms with Crippen LogP contribution in [0.3, 0.4) is 0 Å². The van der Waals surface area contributed by atoms with Gasteiger partial charge in [-0.1, -0.05) is 0 Å². The zero-order valence-corrected chi connectivity index (χ0v) is 12.8. The minimum atomic E-state index is -0.0544. The zero-order chi connectivity index (χ0) is 15.0. The molecule has 5 heteroatoms. The predicted octanol–water partition coefficient (Wildman–Crippen LogP) is 2.00. The van der Waals surface area contributed by atoms with Crippen LogP contribution in [0.1, 0.15) is 24.6 Å². The van der Waals surface area contributed by atoms with Gasteiger partial charge in [-0.15, -0.1) is 0 Å². The van der Waals surface area contributed by atoms with Crippen LogP contribution in [-0.4, -0.2) is 49.3 Å². The molecule has 2 amide bonds. The summed E-state index contributed by atoms with van der Waals surface area (Å²) in [5, 5.41) is 2.88. The average Bonchev–Trinajstić information content (AvgIpc) is 2.42. The van der Waals surface area contributed by atoms with E-state index in [1.165, 1.54) is 5.56 Å². The van der Waals surface area contributed by atoms with Crippen molar-refractivity contribution in [1.29, 1.82) is 0 Å². The lowest BCUT2D eigenvalue weighted by molar-refractivity contribution is 0.183. The van der Waals surface area contributed by atoms with Gasteiger partial charge in [0.1, 0.15) is 0 Å². The SMILES string of the molecule is COCCCNC(=O)N(C)[C@H](C)Cc1cc(C)ccn1. The van der Waals surface area contributed by atoms with Crippen LogP contribution < -0.4 is 5.32 Å². The molecule has 5 nitrogen and oxygen atoms in total. The number of urea groups is 1. The fourth-order valence-electron chi connectivity index (χ4n) is 1.89. The highest BCUT2D eigenvalue weighted by atomic mass is 16.5. The Kier molecular flexibility index (Phi) is 7.01. The average molecular weight is 279 g/mol. The van der Waals surface area contributed by atoms with Crippen molar-refractivity contribution in [2.75, 3.05) is 27.3 Å². The predicted molar refractivity (Wildman–Crippen MR) is 79.8 cm³/mol. The number of nitrogens with one attached hydrogen (secondary N) is 1. The molecule has 1 heterocycles. The van der Waals surface area contributed by atoms with Crippen LogP contribution in [-0.2, 0) is 11.2 Å². The molecule has 0 saturated heterocycles. The van der Waals surface area contributed by atoms with E-state index in [9.17, 15) is 4.79 Å². The quantitative estimate of drug-likeness (QED) is 0.777. The number of amides is 2. The van der Waals surface area contributed by atoms with E-state index in [1.807, 2.05) is 33.2 Å². The second-order valence-electron chi connectivity index (χ2n) is 5.07. The third-order valence-electron chi connectivity index (χ3n) is 3.26. The molecule has 0 aliphatic heterocycles. The summed E-state index contributed by atoms with van der Waals surface area (Å²) in [6.45, 7) is 5.36. The molecule has 0 bridgehead atoms. The first-order chi connectivity index (χ1) is 9.54. The van der Waals surface area contributed by atoms with Crippen LogP contribution in [0.4, 0.5) is 4.79 Å². The molecule has 0 aliphatic carbocycles. The van der Waals surface area contributed by atoms with Crippen molar-refractivity contribution in [2.24, 2.45) is 0 Å². The first-order valence-corrected chi connectivity index (χ1v) is 6.95. The number of aryl methyl sites for hydroxylation is 1. The Morgan fingerprint density at radius 3 is 2.95 bits per heavy atom. The molecule has 0 saturated carbocycles. The van der Waals surface area contributed by atoms with Crippen molar-refractivity contribution in [3.63, 3.8) is 0 Å². The maximum absolute atomic E-state index is 12.0. The van der Waals surface area contributed by atoms with Gasteiger partial charge >= 0.3 is 6.03 Å². The Morgan fingerprint density at radius 2 is 2.30 bits per heavy atom. The van der Waals surface area contributed by atoms with Crippen molar-refractivity contribution in [3.8, 4) is 0 Å². The third kappa shape index (κ3) is 5.57. The van der Waals surface area contributed by atoms with Gasteiger partial charge in [0.05, 0.1) is 0 Å². The monoisotopic (exact) mass is 279 g/mol. The van der Waals surface area contributed by atoms with E-state index in [2.05, 4.69) is 16.4 Å². The fraction of sp³-hybridized carbons (Fsp3) is 0.600. The van der Waals surface area contributed by atoms with Crippen molar-refractivity contribution in [3.05, 3.63) is 29.6 Å². The highest BCUT2D eigenvalue weighted by molar-refractivity contribution is 5.74. The summed E-state index contributed by atoms with van der Waals surface area (Å²) in [5.74, 6) is 0. The van der Waals surface area contributed by atoms with Gasteiger partial charge in [-0.2, -0.15) is 0 Å². The second-order valence-corrected chi connectivity index (χ2v) is 5.07. The number of carbonyl (C=O) groups is 1. The Bertz CT molecular complexity index is 423. The van der Waals surface area contributed by atoms with Crippen molar-refractivity contribution in [1.82, 2.24) is 15.2 Å². The summed E-state index contributed by atoms with van der Waals surface area (Å²) in [6.07, 6.45) is 3.38. The fourth-order valence-corrected chi connectivity index (χ4v) is 1.89. The normalized spacial score (nSPS) is 12.0. The van der Waals surface area contributed by atoms with Crippen molar-refractivity contribution >= 4 is 6.03 Å². The molecule has 0 aliphatic rings. The molecule has 0 radical (unpaired) electrons. The number of methoxy groups -OCH3 is 1.